The topological polar surface area (TPSA) is 80.6 Å². The molecule has 0 radical (unpaired) electrons. The van der Waals surface area contributed by atoms with Gasteiger partial charge < -0.3 is 19.5 Å². The van der Waals surface area contributed by atoms with Gasteiger partial charge in [0.2, 0.25) is 0 Å². The Morgan fingerprint density at radius 2 is 2.17 bits per heavy atom. The Balaban J connectivity index is 2.93. The number of carbonyl (C=O) groups is 1. The lowest BCUT2D eigenvalue weighted by Gasteiger charge is -2.10. The average molecular weight is 316 g/mol. The maximum absolute atomic E-state index is 11.9. The second kappa shape index (κ2) is 10.0. The number of nitrogens with zero attached hydrogens (tertiary/aromatic N) is 1. The van der Waals surface area contributed by atoms with Gasteiger partial charge >= 0.3 is 0 Å². The molecule has 0 heterocycles. The van der Waals surface area contributed by atoms with Crippen molar-refractivity contribution in [2.24, 2.45) is 0 Å². The summed E-state index contributed by atoms with van der Waals surface area (Å²) in [6.45, 7) is 4.66. The van der Waals surface area contributed by atoms with Gasteiger partial charge in [-0.25, -0.2) is 0 Å². The molecule has 122 valence electrons. The van der Waals surface area contributed by atoms with Crippen LogP contribution in [0.5, 0.6) is 11.5 Å². The van der Waals surface area contributed by atoms with Crippen LogP contribution < -0.4 is 14.8 Å². The van der Waals surface area contributed by atoms with Gasteiger partial charge in [0.1, 0.15) is 18.2 Å². The molecule has 0 aromatic heterocycles. The van der Waals surface area contributed by atoms with Crippen molar-refractivity contribution in [3.05, 3.63) is 42.0 Å². The van der Waals surface area contributed by atoms with E-state index in [2.05, 4.69) is 11.9 Å². The van der Waals surface area contributed by atoms with Crippen molar-refractivity contribution in [2.45, 2.75) is 0 Å². The average Bonchev–Trinajstić information content (AvgIpc) is 2.58. The van der Waals surface area contributed by atoms with Gasteiger partial charge in [0.05, 0.1) is 13.7 Å². The molecule has 23 heavy (non-hydrogen) atoms. The Bertz CT molecular complexity index is 618. The highest BCUT2D eigenvalue weighted by atomic mass is 16.5. The number of amides is 1. The lowest BCUT2D eigenvalue weighted by molar-refractivity contribution is -0.117. The van der Waals surface area contributed by atoms with Crippen LogP contribution in [-0.4, -0.2) is 39.9 Å². The van der Waals surface area contributed by atoms with E-state index in [0.717, 1.165) is 0 Å². The molecular formula is C17H20N2O4. The van der Waals surface area contributed by atoms with Gasteiger partial charge in [-0.15, -0.1) is 0 Å². The number of hydrogen-bond acceptors (Lipinski definition) is 5. The SMILES string of the molecule is C=CCOc1ccc(/C=C(\C#N)C(=O)NCCOC)cc1OC. The fraction of sp³-hybridized carbons (Fsp3) is 0.294. The van der Waals surface area contributed by atoms with Gasteiger partial charge in [-0.3, -0.25) is 4.79 Å². The van der Waals surface area contributed by atoms with E-state index in [1.807, 2.05) is 6.07 Å². The fourth-order valence-corrected chi connectivity index (χ4v) is 1.72. The first kappa shape index (κ1) is 18.3. The number of nitriles is 1. The molecule has 0 atom stereocenters. The van der Waals surface area contributed by atoms with Crippen LogP contribution in [0, 0.1) is 11.3 Å². The van der Waals surface area contributed by atoms with Crippen LogP contribution in [0.2, 0.25) is 0 Å². The molecule has 0 spiro atoms. The number of nitrogens with one attached hydrogen (secondary N) is 1. The monoisotopic (exact) mass is 316 g/mol. The highest BCUT2D eigenvalue weighted by Gasteiger charge is 2.10. The summed E-state index contributed by atoms with van der Waals surface area (Å²) in [5.74, 6) is 0.626. The third-order valence-corrected chi connectivity index (χ3v) is 2.81. The number of rotatable bonds is 9. The standard InChI is InChI=1S/C17H20N2O4/c1-4-8-23-15-6-5-13(11-16(15)22-3)10-14(12-18)17(20)19-7-9-21-2/h4-6,10-11H,1,7-9H2,2-3H3,(H,19,20)/b14-10+. The highest BCUT2D eigenvalue weighted by molar-refractivity contribution is 6.01. The van der Waals surface area contributed by atoms with Crippen LogP contribution >= 0.6 is 0 Å². The molecule has 1 amide bonds. The molecule has 0 saturated carbocycles. The zero-order chi connectivity index (χ0) is 17.1. The predicted molar refractivity (Wildman–Crippen MR) is 87.2 cm³/mol. The summed E-state index contributed by atoms with van der Waals surface area (Å²) in [7, 11) is 3.06. The van der Waals surface area contributed by atoms with Crippen LogP contribution in [0.15, 0.2) is 36.4 Å². The van der Waals surface area contributed by atoms with Crippen molar-refractivity contribution in [3.63, 3.8) is 0 Å². The van der Waals surface area contributed by atoms with E-state index in [-0.39, 0.29) is 5.57 Å². The van der Waals surface area contributed by atoms with Crippen molar-refractivity contribution >= 4 is 12.0 Å². The number of methoxy groups -OCH3 is 2. The van der Waals surface area contributed by atoms with Gasteiger partial charge in [0.15, 0.2) is 11.5 Å². The Labute approximate surface area is 136 Å². The number of hydrogen-bond donors (Lipinski definition) is 1. The summed E-state index contributed by atoms with van der Waals surface area (Å²) in [6, 6.07) is 7.03. The van der Waals surface area contributed by atoms with Crippen LogP contribution in [0.25, 0.3) is 6.08 Å². The molecule has 0 fully saturated rings. The van der Waals surface area contributed by atoms with Crippen LogP contribution in [0.4, 0.5) is 0 Å². The smallest absolute Gasteiger partial charge is 0.262 e. The van der Waals surface area contributed by atoms with E-state index in [9.17, 15) is 4.79 Å². The quantitative estimate of drug-likeness (QED) is 0.326. The Kier molecular flexibility index (Phi) is 7.97. The van der Waals surface area contributed by atoms with Crippen molar-refractivity contribution in [1.82, 2.24) is 5.32 Å². The summed E-state index contributed by atoms with van der Waals surface area (Å²) in [5, 5.41) is 11.7. The van der Waals surface area contributed by atoms with E-state index in [0.29, 0.717) is 36.8 Å². The van der Waals surface area contributed by atoms with Crippen molar-refractivity contribution in [2.75, 3.05) is 34.0 Å². The normalized spacial score (nSPS) is 10.6. The number of carbonyl (C=O) groups excluding carboxylic acids is 1. The van der Waals surface area contributed by atoms with E-state index in [1.165, 1.54) is 20.3 Å². The third kappa shape index (κ3) is 5.85. The minimum atomic E-state index is -0.449. The minimum Gasteiger partial charge on any atom is -0.493 e. The molecular weight excluding hydrogens is 296 g/mol. The second-order valence-electron chi connectivity index (χ2n) is 4.43. The summed E-state index contributed by atoms with van der Waals surface area (Å²) < 4.78 is 15.5. The number of ether oxygens (including phenoxy) is 3. The molecule has 0 saturated heterocycles. The van der Waals surface area contributed by atoms with E-state index in [1.54, 1.807) is 24.3 Å². The minimum absolute atomic E-state index is 0.00270. The molecule has 0 bridgehead atoms. The van der Waals surface area contributed by atoms with E-state index >= 15 is 0 Å². The van der Waals surface area contributed by atoms with Crippen LogP contribution in [-0.2, 0) is 9.53 Å². The van der Waals surface area contributed by atoms with Gasteiger partial charge in [-0.1, -0.05) is 18.7 Å². The molecule has 0 aliphatic heterocycles. The van der Waals surface area contributed by atoms with Crippen molar-refractivity contribution < 1.29 is 19.0 Å². The van der Waals surface area contributed by atoms with Crippen LogP contribution in [0.3, 0.4) is 0 Å². The maximum atomic E-state index is 11.9. The Morgan fingerprint density at radius 3 is 2.78 bits per heavy atom. The molecule has 1 N–H and O–H groups in total. The summed E-state index contributed by atoms with van der Waals surface area (Å²) in [5.41, 5.74) is 0.661. The summed E-state index contributed by atoms with van der Waals surface area (Å²) in [4.78, 5) is 11.9. The maximum Gasteiger partial charge on any atom is 0.262 e. The lowest BCUT2D eigenvalue weighted by atomic mass is 10.1. The lowest BCUT2D eigenvalue weighted by Crippen LogP contribution is -2.27. The molecule has 6 heteroatoms. The zero-order valence-electron chi connectivity index (χ0n) is 13.3. The first-order valence-electron chi connectivity index (χ1n) is 6.97. The molecule has 1 aromatic carbocycles. The van der Waals surface area contributed by atoms with Crippen LogP contribution in [0.1, 0.15) is 5.56 Å². The molecule has 0 unspecified atom stereocenters. The van der Waals surface area contributed by atoms with Crippen molar-refractivity contribution in [3.8, 4) is 17.6 Å². The van der Waals surface area contributed by atoms with E-state index < -0.39 is 5.91 Å². The second-order valence-corrected chi connectivity index (χ2v) is 4.43. The number of benzene rings is 1. The molecule has 0 aliphatic rings. The van der Waals surface area contributed by atoms with Gasteiger partial charge in [-0.05, 0) is 23.8 Å². The summed E-state index contributed by atoms with van der Waals surface area (Å²) >= 11 is 0. The molecule has 0 aliphatic carbocycles. The van der Waals surface area contributed by atoms with E-state index in [4.69, 9.17) is 19.5 Å². The Morgan fingerprint density at radius 1 is 1.39 bits per heavy atom. The fourth-order valence-electron chi connectivity index (χ4n) is 1.72. The largest absolute Gasteiger partial charge is 0.493 e. The summed E-state index contributed by atoms with van der Waals surface area (Å²) in [6.07, 6.45) is 3.12. The molecule has 6 nitrogen and oxygen atoms in total. The van der Waals surface area contributed by atoms with Crippen molar-refractivity contribution in [1.29, 1.82) is 5.26 Å². The Hall–Kier alpha value is -2.78. The predicted octanol–water partition coefficient (Wildman–Crippen LogP) is 1.93. The first-order valence-corrected chi connectivity index (χ1v) is 6.97. The van der Waals surface area contributed by atoms with Gasteiger partial charge in [-0.2, -0.15) is 5.26 Å². The molecule has 1 aromatic rings. The zero-order valence-corrected chi connectivity index (χ0v) is 13.3. The third-order valence-electron chi connectivity index (χ3n) is 2.81. The highest BCUT2D eigenvalue weighted by Crippen LogP contribution is 2.28. The van der Waals surface area contributed by atoms with Gasteiger partial charge in [0.25, 0.3) is 5.91 Å². The van der Waals surface area contributed by atoms with Gasteiger partial charge in [0, 0.05) is 13.7 Å². The molecule has 1 rings (SSSR count). The first-order chi connectivity index (χ1) is 11.2.